The second-order valence-corrected chi connectivity index (χ2v) is 6.69. The van der Waals surface area contributed by atoms with Gasteiger partial charge >= 0.3 is 0 Å². The predicted molar refractivity (Wildman–Crippen MR) is 98.0 cm³/mol. The number of amides is 1. The van der Waals surface area contributed by atoms with Gasteiger partial charge in [0.15, 0.2) is 0 Å². The largest absolute Gasteiger partial charge is 0.399 e. The summed E-state index contributed by atoms with van der Waals surface area (Å²) >= 11 is 0. The summed E-state index contributed by atoms with van der Waals surface area (Å²) in [5.41, 5.74) is 12.2. The van der Waals surface area contributed by atoms with E-state index in [0.29, 0.717) is 5.69 Å². The Hall–Kier alpha value is -2.75. The van der Waals surface area contributed by atoms with Crippen molar-refractivity contribution < 1.29 is 4.79 Å². The van der Waals surface area contributed by atoms with E-state index in [4.69, 9.17) is 5.73 Å². The van der Waals surface area contributed by atoms with Gasteiger partial charge in [-0.2, -0.15) is 0 Å². The fraction of sp³-hybridized carbons (Fsp3) is 0.250. The Morgan fingerprint density at radius 1 is 1.25 bits per heavy atom. The fourth-order valence-electron chi connectivity index (χ4n) is 3.62. The first-order valence-corrected chi connectivity index (χ1v) is 8.36. The van der Waals surface area contributed by atoms with E-state index in [1.54, 1.807) is 6.07 Å². The first kappa shape index (κ1) is 14.8. The summed E-state index contributed by atoms with van der Waals surface area (Å²) in [6.07, 6.45) is 2.57. The Morgan fingerprint density at radius 3 is 2.96 bits per heavy atom. The van der Waals surface area contributed by atoms with Crippen molar-refractivity contribution in [3.05, 3.63) is 59.3 Å². The number of hydrogen-bond donors (Lipinski definition) is 3. The van der Waals surface area contributed by atoms with Crippen molar-refractivity contribution in [3.63, 3.8) is 0 Å². The molecule has 1 aliphatic carbocycles. The number of benzene rings is 2. The minimum atomic E-state index is -0.00144. The first-order valence-electron chi connectivity index (χ1n) is 8.36. The van der Waals surface area contributed by atoms with E-state index in [2.05, 4.69) is 35.4 Å². The molecule has 4 N–H and O–H groups in total. The number of aromatic nitrogens is 1. The number of anilines is 2. The molecule has 4 nitrogen and oxygen atoms in total. The van der Waals surface area contributed by atoms with Gasteiger partial charge in [0.25, 0.3) is 0 Å². The number of aromatic amines is 1. The second-order valence-electron chi connectivity index (χ2n) is 6.69. The predicted octanol–water partition coefficient (Wildman–Crippen LogP) is 3.80. The summed E-state index contributed by atoms with van der Waals surface area (Å²) in [7, 11) is 0. The molecular formula is C20H21N3O. The van der Waals surface area contributed by atoms with Gasteiger partial charge in [-0.05, 0) is 62.1 Å². The van der Waals surface area contributed by atoms with Crippen LogP contribution in [0.2, 0.25) is 0 Å². The summed E-state index contributed by atoms with van der Waals surface area (Å²) in [5.74, 6) is 0.0756. The van der Waals surface area contributed by atoms with Crippen LogP contribution in [-0.4, -0.2) is 10.9 Å². The number of H-pyrrole nitrogens is 1. The Labute approximate surface area is 141 Å². The summed E-state index contributed by atoms with van der Waals surface area (Å²) < 4.78 is 0. The molecule has 4 heteroatoms. The number of fused-ring (bicyclic) bond motifs is 3. The molecule has 2 aromatic carbocycles. The molecule has 1 amide bonds. The molecule has 122 valence electrons. The van der Waals surface area contributed by atoms with Crippen molar-refractivity contribution in [2.75, 3.05) is 11.1 Å². The van der Waals surface area contributed by atoms with Crippen molar-refractivity contribution in [2.24, 2.45) is 5.92 Å². The van der Waals surface area contributed by atoms with Gasteiger partial charge in [0.05, 0.1) is 0 Å². The van der Waals surface area contributed by atoms with Crippen molar-refractivity contribution >= 4 is 28.2 Å². The van der Waals surface area contributed by atoms with E-state index in [-0.39, 0.29) is 11.8 Å². The third-order valence-corrected chi connectivity index (χ3v) is 4.87. The molecule has 0 spiro atoms. The lowest BCUT2D eigenvalue weighted by atomic mass is 9.85. The summed E-state index contributed by atoms with van der Waals surface area (Å²) in [6, 6.07) is 13.8. The standard InChI is InChI=1S/C20H21N3O/c1-12-5-7-18-16(9-12)17-10-13(6-8-19(17)23-18)20(24)22-15-4-2-3-14(21)11-15/h2-5,7,9,11,13,23H,6,8,10,21H2,1H3,(H,22,24). The third-order valence-electron chi connectivity index (χ3n) is 4.87. The maximum atomic E-state index is 12.7. The van der Waals surface area contributed by atoms with Crippen LogP contribution in [0.4, 0.5) is 11.4 Å². The molecule has 0 saturated carbocycles. The highest BCUT2D eigenvalue weighted by atomic mass is 16.1. The van der Waals surface area contributed by atoms with E-state index in [1.807, 2.05) is 18.2 Å². The molecule has 0 fully saturated rings. The number of hydrogen-bond acceptors (Lipinski definition) is 2. The zero-order valence-electron chi connectivity index (χ0n) is 13.7. The molecule has 24 heavy (non-hydrogen) atoms. The lowest BCUT2D eigenvalue weighted by Crippen LogP contribution is -2.28. The highest BCUT2D eigenvalue weighted by molar-refractivity contribution is 5.94. The number of nitrogens with one attached hydrogen (secondary N) is 2. The van der Waals surface area contributed by atoms with Crippen LogP contribution < -0.4 is 11.1 Å². The smallest absolute Gasteiger partial charge is 0.227 e. The highest BCUT2D eigenvalue weighted by Gasteiger charge is 2.27. The first-order chi connectivity index (χ1) is 11.6. The van der Waals surface area contributed by atoms with Gasteiger partial charge in [0.1, 0.15) is 0 Å². The molecule has 0 aliphatic heterocycles. The van der Waals surface area contributed by atoms with Crippen LogP contribution in [0.15, 0.2) is 42.5 Å². The number of nitrogen functional groups attached to an aromatic ring is 1. The zero-order chi connectivity index (χ0) is 16.7. The molecule has 1 atom stereocenters. The Kier molecular flexibility index (Phi) is 3.53. The van der Waals surface area contributed by atoms with Crippen LogP contribution in [-0.2, 0) is 17.6 Å². The quantitative estimate of drug-likeness (QED) is 0.629. The maximum Gasteiger partial charge on any atom is 0.227 e. The normalized spacial score (nSPS) is 16.8. The van der Waals surface area contributed by atoms with Crippen molar-refractivity contribution in [1.29, 1.82) is 0 Å². The van der Waals surface area contributed by atoms with Crippen LogP contribution in [0.1, 0.15) is 23.2 Å². The molecule has 1 aromatic heterocycles. The van der Waals surface area contributed by atoms with Crippen LogP contribution in [0, 0.1) is 12.8 Å². The van der Waals surface area contributed by atoms with Gasteiger partial charge in [-0.25, -0.2) is 0 Å². The molecule has 1 aliphatic rings. The monoisotopic (exact) mass is 319 g/mol. The second kappa shape index (κ2) is 5.71. The average molecular weight is 319 g/mol. The highest BCUT2D eigenvalue weighted by Crippen LogP contribution is 2.32. The van der Waals surface area contributed by atoms with Crippen molar-refractivity contribution in [2.45, 2.75) is 26.2 Å². The van der Waals surface area contributed by atoms with Gasteiger partial charge in [0, 0.05) is 33.9 Å². The summed E-state index contributed by atoms with van der Waals surface area (Å²) in [5, 5.41) is 4.26. The molecule has 0 bridgehead atoms. The Bertz CT molecular complexity index is 926. The molecule has 1 unspecified atom stereocenters. The van der Waals surface area contributed by atoms with Gasteiger partial charge in [-0.3, -0.25) is 4.79 Å². The van der Waals surface area contributed by atoms with E-state index in [1.165, 1.54) is 27.7 Å². The summed E-state index contributed by atoms with van der Waals surface area (Å²) in [4.78, 5) is 16.2. The SMILES string of the molecule is Cc1ccc2[nH]c3c(c2c1)CC(C(=O)Nc1cccc(N)c1)CC3. The van der Waals surface area contributed by atoms with Crippen LogP contribution >= 0.6 is 0 Å². The van der Waals surface area contributed by atoms with Crippen LogP contribution in [0.3, 0.4) is 0 Å². The number of nitrogens with two attached hydrogens (primary N) is 1. The topological polar surface area (TPSA) is 70.9 Å². The third kappa shape index (κ3) is 2.64. The Balaban J connectivity index is 1.58. The van der Waals surface area contributed by atoms with Gasteiger partial charge in [-0.15, -0.1) is 0 Å². The number of carbonyl (C=O) groups excluding carboxylic acids is 1. The zero-order valence-corrected chi connectivity index (χ0v) is 13.7. The molecular weight excluding hydrogens is 298 g/mol. The molecule has 1 heterocycles. The number of aryl methyl sites for hydroxylation is 2. The molecule has 0 saturated heterocycles. The average Bonchev–Trinajstić information content (AvgIpc) is 2.92. The van der Waals surface area contributed by atoms with E-state index in [9.17, 15) is 4.79 Å². The molecule has 4 rings (SSSR count). The molecule has 0 radical (unpaired) electrons. The van der Waals surface area contributed by atoms with E-state index >= 15 is 0 Å². The van der Waals surface area contributed by atoms with Gasteiger partial charge in [-0.1, -0.05) is 17.7 Å². The maximum absolute atomic E-state index is 12.7. The van der Waals surface area contributed by atoms with E-state index in [0.717, 1.165) is 24.9 Å². The van der Waals surface area contributed by atoms with Gasteiger partial charge in [0.2, 0.25) is 5.91 Å². The molecule has 3 aromatic rings. The Morgan fingerprint density at radius 2 is 2.12 bits per heavy atom. The lowest BCUT2D eigenvalue weighted by molar-refractivity contribution is -0.120. The number of carbonyl (C=O) groups is 1. The van der Waals surface area contributed by atoms with Crippen molar-refractivity contribution in [1.82, 2.24) is 4.98 Å². The minimum absolute atomic E-state index is 0.00144. The number of rotatable bonds is 2. The fourth-order valence-corrected chi connectivity index (χ4v) is 3.62. The lowest BCUT2D eigenvalue weighted by Gasteiger charge is -2.22. The van der Waals surface area contributed by atoms with Crippen LogP contribution in [0.25, 0.3) is 10.9 Å². The van der Waals surface area contributed by atoms with Crippen LogP contribution in [0.5, 0.6) is 0 Å². The van der Waals surface area contributed by atoms with E-state index < -0.39 is 0 Å². The van der Waals surface area contributed by atoms with Gasteiger partial charge < -0.3 is 16.0 Å². The van der Waals surface area contributed by atoms with Crippen molar-refractivity contribution in [3.8, 4) is 0 Å². The summed E-state index contributed by atoms with van der Waals surface area (Å²) in [6.45, 7) is 2.10. The minimum Gasteiger partial charge on any atom is -0.399 e.